The van der Waals surface area contributed by atoms with Crippen LogP contribution in [0.5, 0.6) is 0 Å². The first kappa shape index (κ1) is 16.1. The third-order valence-corrected chi connectivity index (χ3v) is 4.41. The van der Waals surface area contributed by atoms with Gasteiger partial charge in [-0.3, -0.25) is 4.57 Å². The Morgan fingerprint density at radius 3 is 2.44 bits per heavy atom. The van der Waals surface area contributed by atoms with Gasteiger partial charge in [-0.25, -0.2) is 0 Å². The minimum absolute atomic E-state index is 0.0124. The SMILES string of the molecule is CCCCOCCCP(=O)(O)CC(O)CC. The summed E-state index contributed by atoms with van der Waals surface area (Å²) in [6.45, 7) is 5.16. The van der Waals surface area contributed by atoms with Gasteiger partial charge in [0.15, 0.2) is 0 Å². The van der Waals surface area contributed by atoms with Gasteiger partial charge < -0.3 is 14.7 Å². The van der Waals surface area contributed by atoms with Crippen LogP contribution in [0.2, 0.25) is 0 Å². The Morgan fingerprint density at radius 2 is 1.88 bits per heavy atom. The molecule has 0 bridgehead atoms. The topological polar surface area (TPSA) is 66.8 Å². The number of unbranched alkanes of at least 4 members (excludes halogenated alkanes) is 1. The van der Waals surface area contributed by atoms with Crippen molar-refractivity contribution < 1.29 is 19.3 Å². The van der Waals surface area contributed by atoms with E-state index in [0.29, 0.717) is 19.4 Å². The Labute approximate surface area is 98.5 Å². The largest absolute Gasteiger partial charge is 0.393 e. The number of rotatable bonds is 10. The van der Waals surface area contributed by atoms with Crippen LogP contribution in [0, 0.1) is 0 Å². The van der Waals surface area contributed by atoms with Gasteiger partial charge in [-0.15, -0.1) is 0 Å². The lowest BCUT2D eigenvalue weighted by atomic mass is 10.3. The number of aliphatic hydroxyl groups is 1. The van der Waals surface area contributed by atoms with Crippen molar-refractivity contribution in [1.82, 2.24) is 0 Å². The van der Waals surface area contributed by atoms with E-state index >= 15 is 0 Å². The van der Waals surface area contributed by atoms with Crippen molar-refractivity contribution in [2.75, 3.05) is 25.5 Å². The molecule has 98 valence electrons. The lowest BCUT2D eigenvalue weighted by Crippen LogP contribution is -2.13. The third-order valence-electron chi connectivity index (χ3n) is 2.41. The Balaban J connectivity index is 3.54. The molecule has 0 aliphatic rings. The van der Waals surface area contributed by atoms with Crippen molar-refractivity contribution in [1.29, 1.82) is 0 Å². The second kappa shape index (κ2) is 9.17. The molecular formula is C11H25O4P. The molecule has 4 nitrogen and oxygen atoms in total. The van der Waals surface area contributed by atoms with Crippen LogP contribution in [0.15, 0.2) is 0 Å². The van der Waals surface area contributed by atoms with Crippen molar-refractivity contribution in [3.05, 3.63) is 0 Å². The zero-order valence-corrected chi connectivity index (χ0v) is 11.3. The highest BCUT2D eigenvalue weighted by atomic mass is 31.2. The van der Waals surface area contributed by atoms with Gasteiger partial charge in [0.05, 0.1) is 12.3 Å². The molecular weight excluding hydrogens is 227 g/mol. The fourth-order valence-electron chi connectivity index (χ4n) is 1.31. The Morgan fingerprint density at radius 1 is 1.25 bits per heavy atom. The quantitative estimate of drug-likeness (QED) is 0.462. The predicted octanol–water partition coefficient (Wildman–Crippen LogP) is 2.23. The summed E-state index contributed by atoms with van der Waals surface area (Å²) in [4.78, 5) is 9.56. The molecule has 0 radical (unpaired) electrons. The van der Waals surface area contributed by atoms with Crippen molar-refractivity contribution in [2.24, 2.45) is 0 Å². The van der Waals surface area contributed by atoms with Crippen LogP contribution < -0.4 is 0 Å². The minimum atomic E-state index is -3.15. The highest BCUT2D eigenvalue weighted by molar-refractivity contribution is 7.58. The first-order valence-corrected chi connectivity index (χ1v) is 8.11. The fourth-order valence-corrected chi connectivity index (χ4v) is 3.03. The minimum Gasteiger partial charge on any atom is -0.393 e. The van der Waals surface area contributed by atoms with E-state index in [-0.39, 0.29) is 12.3 Å². The summed E-state index contributed by atoms with van der Waals surface area (Å²) in [5.41, 5.74) is 0. The molecule has 2 N–H and O–H groups in total. The van der Waals surface area contributed by atoms with Gasteiger partial charge in [0.2, 0.25) is 7.37 Å². The highest BCUT2D eigenvalue weighted by Crippen LogP contribution is 2.41. The zero-order valence-electron chi connectivity index (χ0n) is 10.4. The highest BCUT2D eigenvalue weighted by Gasteiger charge is 2.21. The molecule has 0 aromatic heterocycles. The lowest BCUT2D eigenvalue weighted by molar-refractivity contribution is 0.131. The molecule has 0 fully saturated rings. The van der Waals surface area contributed by atoms with Crippen LogP contribution in [-0.2, 0) is 9.30 Å². The van der Waals surface area contributed by atoms with Gasteiger partial charge in [-0.1, -0.05) is 20.3 Å². The van der Waals surface area contributed by atoms with Gasteiger partial charge in [0, 0.05) is 19.4 Å². The second-order valence-corrected chi connectivity index (χ2v) is 6.64. The molecule has 0 amide bonds. The zero-order chi connectivity index (χ0) is 12.4. The van der Waals surface area contributed by atoms with Crippen LogP contribution in [-0.4, -0.2) is 41.6 Å². The van der Waals surface area contributed by atoms with E-state index in [1.807, 2.05) is 0 Å². The molecule has 2 unspecified atom stereocenters. The number of hydrogen-bond acceptors (Lipinski definition) is 3. The lowest BCUT2D eigenvalue weighted by Gasteiger charge is -2.14. The monoisotopic (exact) mass is 252 g/mol. The van der Waals surface area contributed by atoms with Crippen LogP contribution in [0.3, 0.4) is 0 Å². The molecule has 2 atom stereocenters. The van der Waals surface area contributed by atoms with E-state index < -0.39 is 13.5 Å². The Hall–Kier alpha value is 0.110. The van der Waals surface area contributed by atoms with E-state index in [0.717, 1.165) is 19.4 Å². The molecule has 0 spiro atoms. The van der Waals surface area contributed by atoms with Crippen LogP contribution in [0.25, 0.3) is 0 Å². The summed E-state index contributed by atoms with van der Waals surface area (Å²) in [7, 11) is -3.15. The first-order valence-electron chi connectivity index (χ1n) is 6.08. The molecule has 0 aromatic rings. The molecule has 0 saturated heterocycles. The van der Waals surface area contributed by atoms with Crippen molar-refractivity contribution in [3.8, 4) is 0 Å². The smallest absolute Gasteiger partial charge is 0.203 e. The molecule has 16 heavy (non-hydrogen) atoms. The maximum absolute atomic E-state index is 11.6. The third kappa shape index (κ3) is 9.34. The van der Waals surface area contributed by atoms with E-state index in [4.69, 9.17) is 4.74 Å². The van der Waals surface area contributed by atoms with Crippen molar-refractivity contribution >= 4 is 7.37 Å². The second-order valence-electron chi connectivity index (χ2n) is 4.13. The molecule has 0 aromatic carbocycles. The predicted molar refractivity (Wildman–Crippen MR) is 66.2 cm³/mol. The molecule has 0 aliphatic heterocycles. The fraction of sp³-hybridized carbons (Fsp3) is 1.00. The summed E-state index contributed by atoms with van der Waals surface area (Å²) in [6.07, 6.45) is 2.85. The summed E-state index contributed by atoms with van der Waals surface area (Å²) < 4.78 is 16.9. The number of hydrogen-bond donors (Lipinski definition) is 2. The van der Waals surface area contributed by atoms with Crippen LogP contribution >= 0.6 is 7.37 Å². The van der Waals surface area contributed by atoms with E-state index in [1.165, 1.54) is 0 Å². The molecule has 0 rings (SSSR count). The van der Waals surface area contributed by atoms with Gasteiger partial charge in [0.1, 0.15) is 0 Å². The summed E-state index contributed by atoms with van der Waals surface area (Å²) in [5.74, 6) is 0. The molecule has 0 heterocycles. The van der Waals surface area contributed by atoms with Crippen molar-refractivity contribution in [2.45, 2.75) is 45.6 Å². The Bertz CT molecular complexity index is 208. The van der Waals surface area contributed by atoms with Gasteiger partial charge in [-0.05, 0) is 19.3 Å². The molecule has 0 saturated carbocycles. The van der Waals surface area contributed by atoms with Gasteiger partial charge >= 0.3 is 0 Å². The molecule has 5 heteroatoms. The summed E-state index contributed by atoms with van der Waals surface area (Å²) in [6, 6.07) is 0. The average Bonchev–Trinajstić information content (AvgIpc) is 2.22. The normalized spacial score (nSPS) is 17.0. The van der Waals surface area contributed by atoms with Gasteiger partial charge in [-0.2, -0.15) is 0 Å². The number of ether oxygens (including phenoxy) is 1. The van der Waals surface area contributed by atoms with Gasteiger partial charge in [0.25, 0.3) is 0 Å². The molecule has 0 aliphatic carbocycles. The summed E-state index contributed by atoms with van der Waals surface area (Å²) >= 11 is 0. The maximum Gasteiger partial charge on any atom is 0.203 e. The maximum atomic E-state index is 11.6. The van der Waals surface area contributed by atoms with Crippen molar-refractivity contribution in [3.63, 3.8) is 0 Å². The summed E-state index contributed by atoms with van der Waals surface area (Å²) in [5, 5.41) is 9.30. The average molecular weight is 252 g/mol. The number of aliphatic hydroxyl groups excluding tert-OH is 1. The first-order chi connectivity index (χ1) is 7.52. The standard InChI is InChI=1S/C11H25O4P/c1-3-5-7-15-8-6-9-16(13,14)10-11(12)4-2/h11-12H,3-10H2,1-2H3,(H,13,14). The Kier molecular flexibility index (Phi) is 9.24. The van der Waals surface area contributed by atoms with E-state index in [9.17, 15) is 14.6 Å². The van der Waals surface area contributed by atoms with Crippen LogP contribution in [0.4, 0.5) is 0 Å². The van der Waals surface area contributed by atoms with Crippen LogP contribution in [0.1, 0.15) is 39.5 Å². The van der Waals surface area contributed by atoms with E-state index in [1.54, 1.807) is 6.92 Å². The van der Waals surface area contributed by atoms with E-state index in [2.05, 4.69) is 6.92 Å².